The monoisotopic (exact) mass is 192 g/mol. The van der Waals surface area contributed by atoms with Crippen LogP contribution in [0, 0.1) is 0 Å². The number of alkyl halides is 1. The molecule has 70 valence electrons. The third-order valence-electron chi connectivity index (χ3n) is 2.21. The van der Waals surface area contributed by atoms with E-state index >= 15 is 0 Å². The summed E-state index contributed by atoms with van der Waals surface area (Å²) < 4.78 is 10.3. The van der Waals surface area contributed by atoms with E-state index in [4.69, 9.17) is 21.1 Å². The quantitative estimate of drug-likeness (QED) is 0.612. The van der Waals surface area contributed by atoms with Crippen LogP contribution in [0.5, 0.6) is 0 Å². The van der Waals surface area contributed by atoms with Crippen molar-refractivity contribution in [3.05, 3.63) is 0 Å². The summed E-state index contributed by atoms with van der Waals surface area (Å²) in [5.74, 6) is 0.0526. The third kappa shape index (κ3) is 1.97. The number of methoxy groups -OCH3 is 2. The van der Waals surface area contributed by atoms with Crippen LogP contribution < -0.4 is 0 Å². The van der Waals surface area contributed by atoms with Crippen molar-refractivity contribution >= 4 is 17.4 Å². The molecule has 3 atom stereocenters. The molecule has 0 saturated heterocycles. The number of hydrogen-bond donors (Lipinski definition) is 0. The summed E-state index contributed by atoms with van der Waals surface area (Å²) in [6.07, 6.45) is 0.742. The second-order valence-corrected chi connectivity index (χ2v) is 3.45. The Morgan fingerprint density at radius 3 is 2.42 bits per heavy atom. The summed E-state index contributed by atoms with van der Waals surface area (Å²) in [7, 11) is 3.19. The van der Waals surface area contributed by atoms with Crippen LogP contribution in [0.3, 0.4) is 0 Å². The molecule has 0 radical (unpaired) electrons. The van der Waals surface area contributed by atoms with Crippen LogP contribution in [0.1, 0.15) is 12.8 Å². The lowest BCUT2D eigenvalue weighted by atomic mass is 9.93. The lowest BCUT2D eigenvalue weighted by molar-refractivity contribution is -0.130. The molecule has 0 aromatic carbocycles. The highest BCUT2D eigenvalue weighted by atomic mass is 35.5. The van der Waals surface area contributed by atoms with E-state index in [2.05, 4.69) is 0 Å². The molecule has 12 heavy (non-hydrogen) atoms. The fourth-order valence-corrected chi connectivity index (χ4v) is 1.69. The summed E-state index contributed by atoms with van der Waals surface area (Å²) in [4.78, 5) is 11.2. The van der Waals surface area contributed by atoms with Gasteiger partial charge in [-0.3, -0.25) is 4.79 Å². The Bertz CT molecular complexity index is 172. The standard InChI is InChI=1S/C8H13ClO3/c1-11-7-3-5(9)6(10)4-8(7)12-2/h5,7-8H,3-4H2,1-2H3. The first-order valence-electron chi connectivity index (χ1n) is 3.91. The first-order chi connectivity index (χ1) is 5.69. The Labute approximate surface area is 77.0 Å². The van der Waals surface area contributed by atoms with Gasteiger partial charge in [0.1, 0.15) is 0 Å². The summed E-state index contributed by atoms with van der Waals surface area (Å²) in [5.41, 5.74) is 0. The summed E-state index contributed by atoms with van der Waals surface area (Å²) in [6.45, 7) is 0. The van der Waals surface area contributed by atoms with Gasteiger partial charge >= 0.3 is 0 Å². The van der Waals surface area contributed by atoms with E-state index in [1.165, 1.54) is 0 Å². The lowest BCUT2D eigenvalue weighted by Gasteiger charge is -2.30. The van der Waals surface area contributed by atoms with Crippen molar-refractivity contribution < 1.29 is 14.3 Å². The van der Waals surface area contributed by atoms with Gasteiger partial charge in [-0.2, -0.15) is 0 Å². The molecule has 4 heteroatoms. The number of Topliss-reactive ketones (excluding diaryl/α,β-unsaturated/α-hetero) is 1. The van der Waals surface area contributed by atoms with Crippen LogP contribution in [0.15, 0.2) is 0 Å². The van der Waals surface area contributed by atoms with Gasteiger partial charge in [-0.15, -0.1) is 11.6 Å². The number of ketones is 1. The molecular weight excluding hydrogens is 180 g/mol. The lowest BCUT2D eigenvalue weighted by Crippen LogP contribution is -2.42. The topological polar surface area (TPSA) is 35.5 Å². The predicted octanol–water partition coefficient (Wildman–Crippen LogP) is 0.987. The van der Waals surface area contributed by atoms with Crippen molar-refractivity contribution in [3.8, 4) is 0 Å². The van der Waals surface area contributed by atoms with E-state index in [1.54, 1.807) is 14.2 Å². The molecule has 0 N–H and O–H groups in total. The van der Waals surface area contributed by atoms with E-state index in [-0.39, 0.29) is 18.0 Å². The van der Waals surface area contributed by atoms with Gasteiger partial charge in [-0.05, 0) is 6.42 Å². The van der Waals surface area contributed by atoms with Crippen molar-refractivity contribution in [2.24, 2.45) is 0 Å². The molecular formula is C8H13ClO3. The summed E-state index contributed by atoms with van der Waals surface area (Å²) in [6, 6.07) is 0. The van der Waals surface area contributed by atoms with E-state index in [0.717, 1.165) is 0 Å². The Morgan fingerprint density at radius 1 is 1.33 bits per heavy atom. The molecule has 3 unspecified atom stereocenters. The number of halogens is 1. The van der Waals surface area contributed by atoms with Crippen LogP contribution in [-0.4, -0.2) is 37.6 Å². The van der Waals surface area contributed by atoms with E-state index < -0.39 is 5.38 Å². The van der Waals surface area contributed by atoms with Crippen molar-refractivity contribution in [1.29, 1.82) is 0 Å². The molecule has 1 fully saturated rings. The molecule has 0 bridgehead atoms. The largest absolute Gasteiger partial charge is 0.379 e. The zero-order valence-electron chi connectivity index (χ0n) is 7.25. The highest BCUT2D eigenvalue weighted by Gasteiger charge is 2.35. The highest BCUT2D eigenvalue weighted by Crippen LogP contribution is 2.24. The Kier molecular flexibility index (Phi) is 3.50. The SMILES string of the molecule is COC1CC(=O)C(Cl)CC1OC. The molecule has 1 rings (SSSR count). The minimum absolute atomic E-state index is 0.0461. The first kappa shape index (κ1) is 9.96. The van der Waals surface area contributed by atoms with Crippen molar-refractivity contribution in [3.63, 3.8) is 0 Å². The highest BCUT2D eigenvalue weighted by molar-refractivity contribution is 6.31. The second-order valence-electron chi connectivity index (χ2n) is 2.92. The average Bonchev–Trinajstić information content (AvgIpc) is 2.09. The number of carbonyl (C=O) groups is 1. The molecule has 1 aliphatic carbocycles. The number of ether oxygens (including phenoxy) is 2. The van der Waals surface area contributed by atoms with E-state index in [0.29, 0.717) is 12.8 Å². The molecule has 0 amide bonds. The van der Waals surface area contributed by atoms with Crippen LogP contribution in [0.25, 0.3) is 0 Å². The molecule has 1 saturated carbocycles. The minimum atomic E-state index is -0.402. The van der Waals surface area contributed by atoms with Crippen molar-refractivity contribution in [2.45, 2.75) is 30.4 Å². The molecule has 3 nitrogen and oxygen atoms in total. The Morgan fingerprint density at radius 2 is 1.92 bits per heavy atom. The van der Waals surface area contributed by atoms with Gasteiger partial charge in [-0.25, -0.2) is 0 Å². The predicted molar refractivity (Wildman–Crippen MR) is 45.5 cm³/mol. The Hall–Kier alpha value is -0.120. The third-order valence-corrected chi connectivity index (χ3v) is 2.63. The van der Waals surface area contributed by atoms with Crippen LogP contribution in [0.2, 0.25) is 0 Å². The maximum atomic E-state index is 11.2. The van der Waals surface area contributed by atoms with Gasteiger partial charge < -0.3 is 9.47 Å². The van der Waals surface area contributed by atoms with Gasteiger partial charge in [0.15, 0.2) is 5.78 Å². The van der Waals surface area contributed by atoms with Crippen molar-refractivity contribution in [1.82, 2.24) is 0 Å². The van der Waals surface area contributed by atoms with Crippen LogP contribution >= 0.6 is 11.6 Å². The smallest absolute Gasteiger partial charge is 0.153 e. The fourth-order valence-electron chi connectivity index (χ4n) is 1.43. The minimum Gasteiger partial charge on any atom is -0.379 e. The second kappa shape index (κ2) is 4.21. The van der Waals surface area contributed by atoms with Gasteiger partial charge in [-0.1, -0.05) is 0 Å². The van der Waals surface area contributed by atoms with Gasteiger partial charge in [0.2, 0.25) is 0 Å². The summed E-state index contributed by atoms with van der Waals surface area (Å²) in [5, 5.41) is -0.402. The van der Waals surface area contributed by atoms with Gasteiger partial charge in [0.05, 0.1) is 17.6 Å². The maximum absolute atomic E-state index is 11.2. The number of rotatable bonds is 2. The molecule has 0 spiro atoms. The van der Waals surface area contributed by atoms with E-state index in [1.807, 2.05) is 0 Å². The van der Waals surface area contributed by atoms with Gasteiger partial charge in [0, 0.05) is 20.6 Å². The van der Waals surface area contributed by atoms with E-state index in [9.17, 15) is 4.79 Å². The van der Waals surface area contributed by atoms with Crippen LogP contribution in [-0.2, 0) is 14.3 Å². The normalized spacial score (nSPS) is 36.9. The number of carbonyl (C=O) groups excluding carboxylic acids is 1. The van der Waals surface area contributed by atoms with Crippen molar-refractivity contribution in [2.75, 3.05) is 14.2 Å². The van der Waals surface area contributed by atoms with Crippen LogP contribution in [0.4, 0.5) is 0 Å². The Balaban J connectivity index is 2.58. The summed E-state index contributed by atoms with van der Waals surface area (Å²) >= 11 is 5.78. The first-order valence-corrected chi connectivity index (χ1v) is 4.35. The molecule has 0 aliphatic heterocycles. The zero-order chi connectivity index (χ0) is 9.14. The average molecular weight is 193 g/mol. The molecule has 0 aromatic rings. The zero-order valence-corrected chi connectivity index (χ0v) is 8.00. The fraction of sp³-hybridized carbons (Fsp3) is 0.875. The number of hydrogen-bond acceptors (Lipinski definition) is 3. The molecule has 1 aliphatic rings. The molecule has 0 heterocycles. The maximum Gasteiger partial charge on any atom is 0.153 e. The molecule has 0 aromatic heterocycles. The van der Waals surface area contributed by atoms with Gasteiger partial charge in [0.25, 0.3) is 0 Å².